The highest BCUT2D eigenvalue weighted by atomic mass is 79.9. The molecule has 0 saturated heterocycles. The molecule has 0 spiro atoms. The molecule has 1 aliphatic rings. The van der Waals surface area contributed by atoms with Crippen molar-refractivity contribution in [2.24, 2.45) is 5.92 Å². The molecule has 1 fully saturated rings. The first kappa shape index (κ1) is 10.2. The van der Waals surface area contributed by atoms with Gasteiger partial charge in [0.25, 0.3) is 0 Å². The Hall–Kier alpha value is 0.660. The molecule has 2 unspecified atom stereocenters. The molecule has 1 aromatic heterocycles. The summed E-state index contributed by atoms with van der Waals surface area (Å²) in [5.41, 5.74) is 0. The zero-order chi connectivity index (χ0) is 9.26. The first-order valence-electron chi connectivity index (χ1n) is 4.61. The summed E-state index contributed by atoms with van der Waals surface area (Å²) in [4.78, 5) is 2.29. The highest BCUT2D eigenvalue weighted by Crippen LogP contribution is 2.35. The minimum atomic E-state index is 0.774. The largest absolute Gasteiger partial charge is 0.148 e. The van der Waals surface area contributed by atoms with E-state index in [2.05, 4.69) is 43.3 Å². The van der Waals surface area contributed by atoms with E-state index in [9.17, 15) is 0 Å². The summed E-state index contributed by atoms with van der Waals surface area (Å²) >= 11 is 9.16. The van der Waals surface area contributed by atoms with E-state index < -0.39 is 0 Å². The van der Waals surface area contributed by atoms with Crippen LogP contribution in [-0.2, 0) is 6.42 Å². The number of halogens is 2. The Morgan fingerprint density at radius 1 is 1.46 bits per heavy atom. The lowest BCUT2D eigenvalue weighted by atomic mass is 10.0. The molecule has 1 aromatic rings. The molecule has 0 aromatic carbocycles. The third kappa shape index (κ3) is 2.57. The maximum Gasteiger partial charge on any atom is 0.0314 e. The summed E-state index contributed by atoms with van der Waals surface area (Å²) in [5.74, 6) is 0.902. The molecule has 2 rings (SSSR count). The molecule has 0 bridgehead atoms. The van der Waals surface area contributed by atoms with Crippen LogP contribution in [0.4, 0.5) is 0 Å². The lowest BCUT2D eigenvalue weighted by Gasteiger charge is -2.07. The van der Waals surface area contributed by atoms with E-state index in [0.717, 1.165) is 10.7 Å². The monoisotopic (exact) mass is 322 g/mol. The Morgan fingerprint density at radius 3 is 2.85 bits per heavy atom. The first-order chi connectivity index (χ1) is 6.25. The maximum absolute atomic E-state index is 3.69. The van der Waals surface area contributed by atoms with Crippen molar-refractivity contribution in [2.75, 3.05) is 0 Å². The normalized spacial score (nSPS) is 28.2. The quantitative estimate of drug-likeness (QED) is 0.697. The average molecular weight is 324 g/mol. The van der Waals surface area contributed by atoms with E-state index in [-0.39, 0.29) is 0 Å². The molecule has 2 atom stereocenters. The Kier molecular flexibility index (Phi) is 3.49. The summed E-state index contributed by atoms with van der Waals surface area (Å²) in [6.07, 6.45) is 5.36. The average Bonchev–Trinajstić information content (AvgIpc) is 2.64. The second-order valence-electron chi connectivity index (χ2n) is 3.67. The fraction of sp³-hybridized carbons (Fsp3) is 0.600. The molecule has 1 saturated carbocycles. The van der Waals surface area contributed by atoms with Crippen molar-refractivity contribution < 1.29 is 0 Å². The molecule has 0 nitrogen and oxygen atoms in total. The zero-order valence-corrected chi connectivity index (χ0v) is 11.3. The molecule has 1 heterocycles. The number of hydrogen-bond acceptors (Lipinski definition) is 1. The highest BCUT2D eigenvalue weighted by molar-refractivity contribution is 9.10. The van der Waals surface area contributed by atoms with Crippen LogP contribution in [0.25, 0.3) is 0 Å². The van der Waals surface area contributed by atoms with Crippen molar-refractivity contribution in [3.05, 3.63) is 20.8 Å². The number of hydrogen-bond donors (Lipinski definition) is 0. The van der Waals surface area contributed by atoms with Gasteiger partial charge in [0.2, 0.25) is 0 Å². The van der Waals surface area contributed by atoms with E-state index in [4.69, 9.17) is 0 Å². The molecular weight excluding hydrogens is 312 g/mol. The van der Waals surface area contributed by atoms with Crippen molar-refractivity contribution in [2.45, 2.75) is 30.5 Å². The van der Waals surface area contributed by atoms with Gasteiger partial charge < -0.3 is 0 Å². The van der Waals surface area contributed by atoms with Gasteiger partial charge in [0, 0.05) is 14.2 Å². The van der Waals surface area contributed by atoms with E-state index in [1.165, 1.54) is 35.0 Å². The Balaban J connectivity index is 1.95. The Bertz CT molecular complexity index is 282. The topological polar surface area (TPSA) is 0 Å². The van der Waals surface area contributed by atoms with Gasteiger partial charge in [-0.1, -0.05) is 15.9 Å². The summed E-state index contributed by atoms with van der Waals surface area (Å²) in [7, 11) is 0. The lowest BCUT2D eigenvalue weighted by Crippen LogP contribution is -1.98. The molecule has 0 amide bonds. The van der Waals surface area contributed by atoms with Gasteiger partial charge in [-0.2, -0.15) is 0 Å². The zero-order valence-electron chi connectivity index (χ0n) is 7.30. The van der Waals surface area contributed by atoms with Gasteiger partial charge in [0.1, 0.15) is 0 Å². The molecule has 0 aliphatic heterocycles. The lowest BCUT2D eigenvalue weighted by molar-refractivity contribution is 0.552. The first-order valence-corrected chi connectivity index (χ1v) is 7.20. The summed E-state index contributed by atoms with van der Waals surface area (Å²) in [5, 5.41) is 2.17. The number of rotatable bonds is 2. The van der Waals surface area contributed by atoms with E-state index >= 15 is 0 Å². The fourth-order valence-electron chi connectivity index (χ4n) is 1.93. The Labute approximate surface area is 100.0 Å². The molecule has 13 heavy (non-hydrogen) atoms. The van der Waals surface area contributed by atoms with Gasteiger partial charge in [0.05, 0.1) is 0 Å². The van der Waals surface area contributed by atoms with E-state index in [1.807, 2.05) is 11.3 Å². The molecule has 1 aliphatic carbocycles. The van der Waals surface area contributed by atoms with Gasteiger partial charge in [-0.3, -0.25) is 0 Å². The minimum Gasteiger partial charge on any atom is -0.148 e. The van der Waals surface area contributed by atoms with E-state index in [1.54, 1.807) is 0 Å². The molecule has 0 N–H and O–H groups in total. The van der Waals surface area contributed by atoms with Gasteiger partial charge in [-0.25, -0.2) is 0 Å². The minimum absolute atomic E-state index is 0.774. The van der Waals surface area contributed by atoms with Crippen LogP contribution in [0.3, 0.4) is 0 Å². The molecular formula is C10H12Br2S. The van der Waals surface area contributed by atoms with Crippen LogP contribution in [0, 0.1) is 5.92 Å². The SMILES string of the molecule is Brc1ccsc1CC1CCC(Br)C1. The van der Waals surface area contributed by atoms with Crippen LogP contribution in [0.5, 0.6) is 0 Å². The maximum atomic E-state index is 3.69. The van der Waals surface area contributed by atoms with Crippen molar-refractivity contribution >= 4 is 43.2 Å². The number of thiophene rings is 1. The third-order valence-electron chi connectivity index (χ3n) is 2.64. The van der Waals surface area contributed by atoms with Gasteiger partial charge in [-0.15, -0.1) is 11.3 Å². The summed E-state index contributed by atoms with van der Waals surface area (Å²) in [6.45, 7) is 0. The second kappa shape index (κ2) is 4.45. The van der Waals surface area contributed by atoms with Crippen molar-refractivity contribution in [3.63, 3.8) is 0 Å². The Morgan fingerprint density at radius 2 is 2.31 bits per heavy atom. The summed E-state index contributed by atoms with van der Waals surface area (Å²) in [6, 6.07) is 2.15. The number of alkyl halides is 1. The van der Waals surface area contributed by atoms with Crippen LogP contribution < -0.4 is 0 Å². The van der Waals surface area contributed by atoms with Crippen molar-refractivity contribution in [1.82, 2.24) is 0 Å². The molecule has 3 heteroatoms. The van der Waals surface area contributed by atoms with Crippen molar-refractivity contribution in [3.8, 4) is 0 Å². The van der Waals surface area contributed by atoms with Crippen LogP contribution in [0.2, 0.25) is 0 Å². The standard InChI is InChI=1S/C10H12Br2S/c11-8-2-1-7(5-8)6-10-9(12)3-4-13-10/h3-4,7-8H,1-2,5-6H2. The summed E-state index contributed by atoms with van der Waals surface area (Å²) < 4.78 is 1.30. The smallest absolute Gasteiger partial charge is 0.0314 e. The van der Waals surface area contributed by atoms with Crippen LogP contribution >= 0.6 is 43.2 Å². The predicted molar refractivity (Wildman–Crippen MR) is 65.8 cm³/mol. The van der Waals surface area contributed by atoms with Crippen molar-refractivity contribution in [1.29, 1.82) is 0 Å². The molecule has 0 radical (unpaired) electrons. The molecule has 72 valence electrons. The van der Waals surface area contributed by atoms with E-state index in [0.29, 0.717) is 0 Å². The van der Waals surface area contributed by atoms with Crippen LogP contribution in [0.1, 0.15) is 24.1 Å². The second-order valence-corrected chi connectivity index (χ2v) is 6.82. The van der Waals surface area contributed by atoms with Gasteiger partial charge in [-0.05, 0) is 59.0 Å². The van der Waals surface area contributed by atoms with Crippen LogP contribution in [-0.4, -0.2) is 4.83 Å². The van der Waals surface area contributed by atoms with Gasteiger partial charge in [0.15, 0.2) is 0 Å². The van der Waals surface area contributed by atoms with Crippen LogP contribution in [0.15, 0.2) is 15.9 Å². The highest BCUT2D eigenvalue weighted by Gasteiger charge is 2.23. The fourth-order valence-corrected chi connectivity index (χ4v) is 4.36. The predicted octanol–water partition coefficient (Wildman–Crippen LogP) is 4.62. The third-order valence-corrected chi connectivity index (χ3v) is 5.42. The van der Waals surface area contributed by atoms with Gasteiger partial charge >= 0.3 is 0 Å².